The van der Waals surface area contributed by atoms with Crippen LogP contribution in [0.2, 0.25) is 0 Å². The maximum absolute atomic E-state index is 12.9. The number of hydrogen-bond donors (Lipinski definition) is 4. The molecular weight excluding hydrogens is 943 g/mol. The summed E-state index contributed by atoms with van der Waals surface area (Å²) in [5.41, 5.74) is 16.6. The monoisotopic (exact) mass is 1000 g/mol. The maximum Gasteiger partial charge on any atom is 0.294 e. The second kappa shape index (κ2) is 21.9. The molecule has 0 saturated heterocycles. The average Bonchev–Trinajstić information content (AvgIpc) is 3.97. The van der Waals surface area contributed by atoms with Crippen molar-refractivity contribution in [3.05, 3.63) is 183 Å². The van der Waals surface area contributed by atoms with E-state index in [9.17, 15) is 27.9 Å². The van der Waals surface area contributed by atoms with E-state index in [2.05, 4.69) is 106 Å². The SMILES string of the molecule is Cc1ccc2c(c1)C(C)(C)C(=CC=CC=CC=CC1=[N+](CCCCCC(=O)NCc3ccc(COc4nc(N)nc5nc[nH]c45)cc3)c3ccc(S(=O)(=O)O)cc3C1(C)C)N2CCCc1ccc([N+](=O)[O-])cc1. The number of carbonyl (C=O) groups is 1. The molecule has 16 nitrogen and oxygen atoms in total. The number of nitrogens with two attached hydrogens (primary N) is 1. The lowest BCUT2D eigenvalue weighted by Crippen LogP contribution is -2.28. The second-order valence-electron chi connectivity index (χ2n) is 19.5. The van der Waals surface area contributed by atoms with Crippen molar-refractivity contribution in [2.45, 2.75) is 102 Å². The van der Waals surface area contributed by atoms with Crippen LogP contribution in [0.5, 0.6) is 5.88 Å². The van der Waals surface area contributed by atoms with Crippen LogP contribution in [0.25, 0.3) is 11.2 Å². The van der Waals surface area contributed by atoms with Gasteiger partial charge in [0.15, 0.2) is 11.4 Å². The predicted molar refractivity (Wildman–Crippen MR) is 285 cm³/mol. The molecule has 5 N–H and O–H groups in total. The average molecular weight is 1010 g/mol. The lowest BCUT2D eigenvalue weighted by Gasteiger charge is -2.27. The fourth-order valence-corrected chi connectivity index (χ4v) is 10.2. The van der Waals surface area contributed by atoms with Gasteiger partial charge in [-0.2, -0.15) is 23.0 Å². The highest BCUT2D eigenvalue weighted by Crippen LogP contribution is 2.48. The molecule has 8 rings (SSSR count). The van der Waals surface area contributed by atoms with Gasteiger partial charge in [0, 0.05) is 72.6 Å². The highest BCUT2D eigenvalue weighted by atomic mass is 32.2. The first-order chi connectivity index (χ1) is 34.9. The molecule has 2 aliphatic heterocycles. The van der Waals surface area contributed by atoms with Gasteiger partial charge in [0.05, 0.1) is 21.6 Å². The molecule has 4 aromatic carbocycles. The first-order valence-electron chi connectivity index (χ1n) is 24.5. The van der Waals surface area contributed by atoms with Crippen LogP contribution in [-0.2, 0) is 45.3 Å². The summed E-state index contributed by atoms with van der Waals surface area (Å²) in [6.07, 6.45) is 20.1. The Labute approximate surface area is 426 Å². The molecule has 378 valence electrons. The van der Waals surface area contributed by atoms with Crippen molar-refractivity contribution in [1.29, 1.82) is 0 Å². The van der Waals surface area contributed by atoms with Crippen LogP contribution in [0.15, 0.2) is 144 Å². The summed E-state index contributed by atoms with van der Waals surface area (Å²) in [6.45, 7) is 12.8. The number of ether oxygens (including phenoxy) is 1. The quantitative estimate of drug-likeness (QED) is 0.0132. The minimum Gasteiger partial charge on any atom is -0.471 e. The number of amides is 1. The van der Waals surface area contributed by atoms with E-state index in [1.54, 1.807) is 24.3 Å². The smallest absolute Gasteiger partial charge is 0.294 e. The van der Waals surface area contributed by atoms with Gasteiger partial charge in [0.1, 0.15) is 18.7 Å². The predicted octanol–water partition coefficient (Wildman–Crippen LogP) is 10.2. The summed E-state index contributed by atoms with van der Waals surface area (Å²) in [5.74, 6) is 0.371. The Balaban J connectivity index is 0.872. The lowest BCUT2D eigenvalue weighted by atomic mass is 9.81. The number of imidazole rings is 1. The van der Waals surface area contributed by atoms with Crippen molar-refractivity contribution in [3.63, 3.8) is 0 Å². The Kier molecular flexibility index (Phi) is 15.5. The van der Waals surface area contributed by atoms with Gasteiger partial charge in [-0.15, -0.1) is 0 Å². The second-order valence-corrected chi connectivity index (χ2v) is 20.9. The van der Waals surface area contributed by atoms with Gasteiger partial charge in [0.2, 0.25) is 23.4 Å². The number of benzene rings is 4. The number of nitrogens with one attached hydrogen (secondary N) is 2. The molecular formula is C56H62N9O7S+. The Morgan fingerprint density at radius 3 is 2.36 bits per heavy atom. The molecule has 6 aromatic rings. The van der Waals surface area contributed by atoms with Crippen LogP contribution in [0.4, 0.5) is 23.0 Å². The van der Waals surface area contributed by atoms with Crippen LogP contribution >= 0.6 is 0 Å². The molecule has 0 radical (unpaired) electrons. The summed E-state index contributed by atoms with van der Waals surface area (Å²) in [6, 6.07) is 25.9. The molecule has 0 spiro atoms. The fourth-order valence-electron chi connectivity index (χ4n) is 9.65. The molecule has 1 amide bonds. The standard InChI is InChI=1S/C56H61N9O7S/c1-38-19-29-46-44(33-38)55(2,3)48(64(46)32-14-15-39-24-26-42(27-25-39)65(67)68)16-10-7-6-8-11-17-49-56(4,5)45-34-43(73(69,70)71)28-30-47(45)63(49)31-13-9-12-18-50(66)58-35-40-20-22-41(23-21-40)36-72-53-51-52(60-37-59-51)61-54(57)62-53/h6-8,10-11,16-17,19-30,33-34,37H,9,12-15,18,31-32,35-36H2,1-5H3,(H4-,57,58,59,60,61,62,66,69,70,71)/p+1. The zero-order valence-electron chi connectivity index (χ0n) is 41.8. The first kappa shape index (κ1) is 51.6. The third kappa shape index (κ3) is 12.0. The number of nitrogens with zero attached hydrogens (tertiary/aromatic N) is 6. The van der Waals surface area contributed by atoms with Crippen LogP contribution in [0.3, 0.4) is 0 Å². The minimum atomic E-state index is -4.41. The van der Waals surface area contributed by atoms with E-state index in [-0.39, 0.29) is 39.4 Å². The van der Waals surface area contributed by atoms with Crippen molar-refractivity contribution >= 4 is 55.9 Å². The van der Waals surface area contributed by atoms with Gasteiger partial charge in [-0.1, -0.05) is 98.3 Å². The fraction of sp³-hybridized carbons (Fsp3) is 0.304. The van der Waals surface area contributed by atoms with Crippen molar-refractivity contribution in [3.8, 4) is 5.88 Å². The zero-order valence-corrected chi connectivity index (χ0v) is 42.7. The number of carbonyl (C=O) groups excluding carboxylic acids is 1. The number of hydrogen-bond acceptors (Lipinski definition) is 11. The van der Waals surface area contributed by atoms with Gasteiger partial charge in [0.25, 0.3) is 15.8 Å². The molecule has 0 unspecified atom stereocenters. The summed E-state index contributed by atoms with van der Waals surface area (Å²) in [4.78, 5) is 41.2. The van der Waals surface area contributed by atoms with Crippen molar-refractivity contribution in [2.75, 3.05) is 23.7 Å². The molecule has 2 aromatic heterocycles. The van der Waals surface area contributed by atoms with Gasteiger partial charge < -0.3 is 25.7 Å². The van der Waals surface area contributed by atoms with Crippen LogP contribution in [0.1, 0.15) is 93.2 Å². The number of H-pyrrole nitrogens is 1. The Hall–Kier alpha value is -7.76. The summed E-state index contributed by atoms with van der Waals surface area (Å²) in [7, 11) is -4.41. The van der Waals surface area contributed by atoms with E-state index in [4.69, 9.17) is 10.5 Å². The molecule has 4 heterocycles. The van der Waals surface area contributed by atoms with E-state index in [1.807, 2.05) is 60.7 Å². The molecule has 0 atom stereocenters. The van der Waals surface area contributed by atoms with E-state index in [1.165, 1.54) is 34.9 Å². The number of non-ortho nitro benzene ring substituents is 1. The van der Waals surface area contributed by atoms with Crippen molar-refractivity contribution in [1.82, 2.24) is 25.3 Å². The highest BCUT2D eigenvalue weighted by Gasteiger charge is 2.45. The van der Waals surface area contributed by atoms with Crippen LogP contribution in [-0.4, -0.2) is 67.1 Å². The number of anilines is 2. The van der Waals surface area contributed by atoms with E-state index in [0.717, 1.165) is 65.9 Å². The van der Waals surface area contributed by atoms with E-state index < -0.39 is 15.5 Å². The number of nitrogen functional groups attached to an aromatic ring is 1. The topological polar surface area (TPSA) is 223 Å². The molecule has 0 bridgehead atoms. The Morgan fingerprint density at radius 1 is 0.877 bits per heavy atom. The number of nitro groups is 1. The van der Waals surface area contributed by atoms with Crippen molar-refractivity contribution < 1.29 is 32.0 Å². The van der Waals surface area contributed by atoms with Gasteiger partial charge in [-0.05, 0) is 93.0 Å². The molecule has 0 aliphatic carbocycles. The number of aromatic nitrogens is 4. The van der Waals surface area contributed by atoms with Gasteiger partial charge in [-0.25, -0.2) is 4.98 Å². The Morgan fingerprint density at radius 2 is 1.60 bits per heavy atom. The number of allylic oxidation sites excluding steroid dienone is 8. The first-order valence-corrected chi connectivity index (χ1v) is 25.9. The van der Waals surface area contributed by atoms with Gasteiger partial charge in [-0.3, -0.25) is 19.5 Å². The number of fused-ring (bicyclic) bond motifs is 3. The van der Waals surface area contributed by atoms with Crippen LogP contribution in [0, 0.1) is 17.0 Å². The number of unbranched alkanes of at least 4 members (excludes halogenated alkanes) is 2. The largest absolute Gasteiger partial charge is 0.471 e. The summed E-state index contributed by atoms with van der Waals surface area (Å²) >= 11 is 0. The van der Waals surface area contributed by atoms with Gasteiger partial charge >= 0.3 is 0 Å². The number of rotatable bonds is 21. The summed E-state index contributed by atoms with van der Waals surface area (Å²) < 4.78 is 42.5. The maximum atomic E-state index is 12.9. The third-order valence-electron chi connectivity index (χ3n) is 13.6. The van der Waals surface area contributed by atoms with E-state index in [0.29, 0.717) is 43.0 Å². The molecule has 0 fully saturated rings. The number of aryl methyl sites for hydroxylation is 2. The van der Waals surface area contributed by atoms with Crippen molar-refractivity contribution in [2.24, 2.45) is 0 Å². The summed E-state index contributed by atoms with van der Waals surface area (Å²) in [5, 5.41) is 14.2. The lowest BCUT2D eigenvalue weighted by molar-refractivity contribution is -0.438. The molecule has 2 aliphatic rings. The van der Waals surface area contributed by atoms with E-state index >= 15 is 0 Å². The Bertz CT molecular complexity index is 3300. The number of aromatic amines is 1. The molecule has 73 heavy (non-hydrogen) atoms. The zero-order chi connectivity index (χ0) is 51.9. The molecule has 17 heteroatoms. The minimum absolute atomic E-state index is 0.0313. The number of nitro benzene ring substituents is 1. The highest BCUT2D eigenvalue weighted by molar-refractivity contribution is 7.85. The van der Waals surface area contributed by atoms with Crippen LogP contribution < -0.4 is 20.7 Å². The normalized spacial score (nSPS) is 15.6. The molecule has 0 saturated carbocycles. The third-order valence-corrected chi connectivity index (χ3v) is 14.4.